The maximum atomic E-state index is 12.6. The highest BCUT2D eigenvalue weighted by Gasteiger charge is 2.12. The summed E-state index contributed by atoms with van der Waals surface area (Å²) in [5.74, 6) is 0.195. The summed E-state index contributed by atoms with van der Waals surface area (Å²) in [6.45, 7) is 5.32. The van der Waals surface area contributed by atoms with Crippen molar-refractivity contribution in [2.75, 3.05) is 5.75 Å². The van der Waals surface area contributed by atoms with Gasteiger partial charge in [0.05, 0.1) is 17.5 Å². The first-order valence-electron chi connectivity index (χ1n) is 9.36. The lowest BCUT2D eigenvalue weighted by Gasteiger charge is -2.13. The van der Waals surface area contributed by atoms with Crippen molar-refractivity contribution >= 4 is 23.5 Å². The molecule has 1 amide bonds. The van der Waals surface area contributed by atoms with Crippen molar-refractivity contribution in [2.24, 2.45) is 0 Å². The number of rotatable bonds is 7. The Hall–Kier alpha value is -2.99. The molecule has 1 unspecified atom stereocenters. The topological polar surface area (TPSA) is 72.0 Å². The molecule has 2 aromatic carbocycles. The molecule has 0 fully saturated rings. The fraction of sp³-hybridized carbons (Fsp3) is 0.217. The average molecular weight is 406 g/mol. The molecule has 1 aromatic heterocycles. The maximum absolute atomic E-state index is 12.6. The predicted molar refractivity (Wildman–Crippen MR) is 116 cm³/mol. The molecule has 1 atom stereocenters. The van der Waals surface area contributed by atoms with E-state index in [4.69, 9.17) is 0 Å². The summed E-state index contributed by atoms with van der Waals surface area (Å²) in [4.78, 5) is 32.8. The third-order valence-electron chi connectivity index (χ3n) is 4.39. The van der Waals surface area contributed by atoms with Gasteiger partial charge < -0.3 is 5.32 Å². The predicted octanol–water partition coefficient (Wildman–Crippen LogP) is 4.62. The molecule has 5 nitrogen and oxygen atoms in total. The number of hydrogen-bond acceptors (Lipinski definition) is 5. The molecular formula is C23H23N3O2S. The summed E-state index contributed by atoms with van der Waals surface area (Å²) in [6.07, 6.45) is 0. The summed E-state index contributed by atoms with van der Waals surface area (Å²) >= 11 is 1.34. The Kier molecular flexibility index (Phi) is 6.77. The molecule has 0 saturated heterocycles. The SMILES string of the molecule is CC(=O)NC(C)c1ccc(C(=O)CSc2nc(C)cc(-c3ccccc3)n2)cc1. The molecule has 0 aliphatic rings. The minimum atomic E-state index is -0.0943. The Labute approximate surface area is 175 Å². The molecule has 148 valence electrons. The van der Waals surface area contributed by atoms with Gasteiger partial charge in [0.15, 0.2) is 10.9 Å². The first-order valence-corrected chi connectivity index (χ1v) is 10.3. The van der Waals surface area contributed by atoms with E-state index in [9.17, 15) is 9.59 Å². The Balaban J connectivity index is 1.66. The number of Topliss-reactive ketones (excluding diaryl/α,β-unsaturated/α-hetero) is 1. The third-order valence-corrected chi connectivity index (χ3v) is 5.24. The van der Waals surface area contributed by atoms with E-state index in [1.54, 1.807) is 12.1 Å². The fourth-order valence-electron chi connectivity index (χ4n) is 2.92. The molecule has 6 heteroatoms. The number of carbonyl (C=O) groups excluding carboxylic acids is 2. The number of nitrogens with zero attached hydrogens (tertiary/aromatic N) is 2. The highest BCUT2D eigenvalue weighted by atomic mass is 32.2. The average Bonchev–Trinajstić information content (AvgIpc) is 2.72. The number of nitrogens with one attached hydrogen (secondary N) is 1. The van der Waals surface area contributed by atoms with Gasteiger partial charge in [-0.1, -0.05) is 66.4 Å². The zero-order valence-electron chi connectivity index (χ0n) is 16.7. The van der Waals surface area contributed by atoms with Crippen LogP contribution in [0, 0.1) is 6.92 Å². The van der Waals surface area contributed by atoms with Crippen LogP contribution in [0.5, 0.6) is 0 Å². The van der Waals surface area contributed by atoms with E-state index < -0.39 is 0 Å². The van der Waals surface area contributed by atoms with Crippen LogP contribution in [0.25, 0.3) is 11.3 Å². The molecular weight excluding hydrogens is 382 g/mol. The molecule has 1 heterocycles. The number of carbonyl (C=O) groups is 2. The monoisotopic (exact) mass is 405 g/mol. The number of aryl methyl sites for hydroxylation is 1. The van der Waals surface area contributed by atoms with E-state index >= 15 is 0 Å². The van der Waals surface area contributed by atoms with Gasteiger partial charge in [-0.05, 0) is 25.5 Å². The van der Waals surface area contributed by atoms with Gasteiger partial charge in [0, 0.05) is 23.7 Å². The van der Waals surface area contributed by atoms with Crippen molar-refractivity contribution in [1.82, 2.24) is 15.3 Å². The van der Waals surface area contributed by atoms with Crippen LogP contribution in [0.1, 0.15) is 41.5 Å². The summed E-state index contributed by atoms with van der Waals surface area (Å²) in [5.41, 5.74) is 4.33. The van der Waals surface area contributed by atoms with Crippen molar-refractivity contribution in [2.45, 2.75) is 32.0 Å². The van der Waals surface area contributed by atoms with Crippen LogP contribution in [0.3, 0.4) is 0 Å². The quantitative estimate of drug-likeness (QED) is 0.353. The number of thioether (sulfide) groups is 1. The Bertz CT molecular complexity index is 1000. The van der Waals surface area contributed by atoms with Gasteiger partial charge in [0.2, 0.25) is 5.91 Å². The number of benzene rings is 2. The third kappa shape index (κ3) is 5.74. The van der Waals surface area contributed by atoms with E-state index in [0.29, 0.717) is 10.7 Å². The molecule has 0 aliphatic heterocycles. The van der Waals surface area contributed by atoms with E-state index in [-0.39, 0.29) is 23.5 Å². The van der Waals surface area contributed by atoms with Crippen molar-refractivity contribution < 1.29 is 9.59 Å². The number of amides is 1. The van der Waals surface area contributed by atoms with Crippen molar-refractivity contribution in [3.63, 3.8) is 0 Å². The highest BCUT2D eigenvalue weighted by molar-refractivity contribution is 7.99. The largest absolute Gasteiger partial charge is 0.350 e. The normalized spacial score (nSPS) is 11.7. The van der Waals surface area contributed by atoms with Gasteiger partial charge in [-0.25, -0.2) is 9.97 Å². The molecule has 3 rings (SSSR count). The minimum absolute atomic E-state index is 0.0140. The Morgan fingerprint density at radius 2 is 1.72 bits per heavy atom. The van der Waals surface area contributed by atoms with Crippen molar-refractivity contribution in [1.29, 1.82) is 0 Å². The van der Waals surface area contributed by atoms with Crippen LogP contribution in [0.4, 0.5) is 0 Å². The Morgan fingerprint density at radius 3 is 2.38 bits per heavy atom. The van der Waals surface area contributed by atoms with Crippen LogP contribution < -0.4 is 5.32 Å². The van der Waals surface area contributed by atoms with Gasteiger partial charge >= 0.3 is 0 Å². The van der Waals surface area contributed by atoms with Crippen LogP contribution in [0.15, 0.2) is 65.8 Å². The van der Waals surface area contributed by atoms with Crippen molar-refractivity contribution in [3.8, 4) is 11.3 Å². The second kappa shape index (κ2) is 9.47. The Morgan fingerprint density at radius 1 is 1.03 bits per heavy atom. The van der Waals surface area contributed by atoms with Gasteiger partial charge in [0.25, 0.3) is 0 Å². The summed E-state index contributed by atoms with van der Waals surface area (Å²) in [7, 11) is 0. The maximum Gasteiger partial charge on any atom is 0.217 e. The minimum Gasteiger partial charge on any atom is -0.350 e. The lowest BCUT2D eigenvalue weighted by Crippen LogP contribution is -2.23. The second-order valence-electron chi connectivity index (χ2n) is 6.80. The molecule has 1 N–H and O–H groups in total. The number of ketones is 1. The van der Waals surface area contributed by atoms with E-state index in [2.05, 4.69) is 15.3 Å². The molecule has 0 saturated carbocycles. The van der Waals surface area contributed by atoms with Crippen LogP contribution in [-0.2, 0) is 4.79 Å². The smallest absolute Gasteiger partial charge is 0.217 e. The molecule has 0 radical (unpaired) electrons. The standard InChI is InChI=1S/C23H23N3O2S/c1-15-13-21(19-7-5-4-6-8-19)26-23(24-15)29-14-22(28)20-11-9-18(10-12-20)16(2)25-17(3)27/h4-13,16H,14H2,1-3H3,(H,25,27). The first kappa shape index (κ1) is 20.7. The van der Waals surface area contributed by atoms with E-state index in [0.717, 1.165) is 22.5 Å². The molecule has 0 spiro atoms. The molecule has 3 aromatic rings. The number of aromatic nitrogens is 2. The zero-order valence-corrected chi connectivity index (χ0v) is 17.5. The molecule has 0 bridgehead atoms. The fourth-order valence-corrected chi connectivity index (χ4v) is 3.72. The highest BCUT2D eigenvalue weighted by Crippen LogP contribution is 2.22. The van der Waals surface area contributed by atoms with Gasteiger partial charge in [-0.2, -0.15) is 0 Å². The van der Waals surface area contributed by atoms with Crippen LogP contribution in [0.2, 0.25) is 0 Å². The van der Waals surface area contributed by atoms with E-state index in [1.165, 1.54) is 18.7 Å². The summed E-state index contributed by atoms with van der Waals surface area (Å²) in [6, 6.07) is 19.1. The molecule has 0 aliphatic carbocycles. The van der Waals surface area contributed by atoms with Gasteiger partial charge in [0.1, 0.15) is 0 Å². The van der Waals surface area contributed by atoms with E-state index in [1.807, 2.05) is 62.4 Å². The summed E-state index contributed by atoms with van der Waals surface area (Å²) < 4.78 is 0. The van der Waals surface area contributed by atoms with Crippen LogP contribution >= 0.6 is 11.8 Å². The van der Waals surface area contributed by atoms with Gasteiger partial charge in [-0.3, -0.25) is 9.59 Å². The number of hydrogen-bond donors (Lipinski definition) is 1. The van der Waals surface area contributed by atoms with Gasteiger partial charge in [-0.15, -0.1) is 0 Å². The first-order chi connectivity index (χ1) is 13.9. The van der Waals surface area contributed by atoms with Crippen LogP contribution in [-0.4, -0.2) is 27.4 Å². The lowest BCUT2D eigenvalue weighted by molar-refractivity contribution is -0.119. The summed E-state index contributed by atoms with van der Waals surface area (Å²) in [5, 5.41) is 3.42. The zero-order chi connectivity index (χ0) is 20.8. The lowest BCUT2D eigenvalue weighted by atomic mass is 10.0. The second-order valence-corrected chi connectivity index (χ2v) is 7.74. The van der Waals surface area contributed by atoms with Crippen molar-refractivity contribution in [3.05, 3.63) is 77.5 Å². The molecule has 29 heavy (non-hydrogen) atoms.